The molecule has 0 heterocycles. The molecule has 0 fully saturated rings. The summed E-state index contributed by atoms with van der Waals surface area (Å²) < 4.78 is 0. The standard InChI is InChI=1S/C7H18N2.C7H17N2.C4H9.2Li/c2*1-7(2)8-5-6-9(3)4;1-3-4-2;;/h7-8H,5-6H2,1-4H3;7H,5-6H2,1-4H3;1,3-4H2,2H3;;/q;2*-1;2*+1/p+1. The normalized spacial score (nSPS) is 9.75. The van der Waals surface area contributed by atoms with Gasteiger partial charge in [-0.25, -0.2) is 0 Å². The van der Waals surface area contributed by atoms with Crippen molar-refractivity contribution in [2.45, 2.75) is 59.5 Å². The minimum absolute atomic E-state index is 0. The van der Waals surface area contributed by atoms with Gasteiger partial charge in [0.05, 0.1) is 20.6 Å². The van der Waals surface area contributed by atoms with Crippen molar-refractivity contribution in [2.24, 2.45) is 0 Å². The Morgan fingerprint density at radius 3 is 1.79 bits per heavy atom. The predicted octanol–water partition coefficient (Wildman–Crippen LogP) is -3.91. The molecule has 0 unspecified atom stereocenters. The van der Waals surface area contributed by atoms with E-state index in [-0.39, 0.29) is 37.7 Å². The van der Waals surface area contributed by atoms with Crippen LogP contribution in [0.15, 0.2) is 0 Å². The van der Waals surface area contributed by atoms with Gasteiger partial charge in [0.15, 0.2) is 0 Å². The minimum Gasteiger partial charge on any atom is -0.655 e. The molecule has 0 bridgehead atoms. The molecule has 0 saturated carbocycles. The van der Waals surface area contributed by atoms with Gasteiger partial charge < -0.3 is 27.4 Å². The summed E-state index contributed by atoms with van der Waals surface area (Å²) in [7, 11) is 8.47. The number of hydrogen-bond acceptors (Lipinski definition) is 2. The van der Waals surface area contributed by atoms with E-state index in [4.69, 9.17) is 0 Å². The number of rotatable bonds is 9. The second-order valence-electron chi connectivity index (χ2n) is 6.72. The number of likely N-dealkylation sites (N-methyl/N-ethyl adjacent to an activating group) is 2. The molecule has 0 aromatic rings. The summed E-state index contributed by atoms with van der Waals surface area (Å²) in [5.74, 6) is 0. The number of nitrogens with zero attached hydrogens (tertiary/aromatic N) is 2. The van der Waals surface area contributed by atoms with Gasteiger partial charge >= 0.3 is 37.7 Å². The van der Waals surface area contributed by atoms with E-state index in [1.54, 1.807) is 0 Å². The molecule has 0 aromatic heterocycles. The fourth-order valence-electron chi connectivity index (χ4n) is 1.12. The quantitative estimate of drug-likeness (QED) is 0.334. The number of unbranched alkanes of at least 4 members (excludes halogenated alkanes) is 1. The molecule has 0 aliphatic heterocycles. The summed E-state index contributed by atoms with van der Waals surface area (Å²) in [6.07, 6.45) is 2.28. The van der Waals surface area contributed by atoms with Crippen LogP contribution in [0.25, 0.3) is 5.32 Å². The number of quaternary nitrogens is 1. The van der Waals surface area contributed by atoms with E-state index in [1.807, 2.05) is 0 Å². The number of nitrogens with one attached hydrogen (secondary N) is 2. The van der Waals surface area contributed by atoms with Gasteiger partial charge in [-0.2, -0.15) is 6.42 Å². The monoisotopic (exact) mass is 331 g/mol. The van der Waals surface area contributed by atoms with Crippen LogP contribution in [0.1, 0.15) is 47.5 Å². The first-order valence-corrected chi connectivity index (χ1v) is 8.80. The van der Waals surface area contributed by atoms with Gasteiger partial charge in [-0.3, -0.25) is 0 Å². The first-order valence-electron chi connectivity index (χ1n) is 8.80. The second-order valence-corrected chi connectivity index (χ2v) is 6.72. The third-order valence-electron chi connectivity index (χ3n) is 2.57. The van der Waals surface area contributed by atoms with Crippen LogP contribution in [0, 0.1) is 6.92 Å². The smallest absolute Gasteiger partial charge is 0.655 e. The van der Waals surface area contributed by atoms with Crippen molar-refractivity contribution >= 4 is 0 Å². The van der Waals surface area contributed by atoms with Crippen LogP contribution in [-0.2, 0) is 0 Å². The molecule has 0 aromatic carbocycles. The van der Waals surface area contributed by atoms with Crippen LogP contribution in [-0.4, -0.2) is 71.4 Å². The van der Waals surface area contributed by atoms with Crippen LogP contribution in [0.5, 0.6) is 0 Å². The van der Waals surface area contributed by atoms with Gasteiger partial charge in [-0.15, -0.1) is 6.04 Å². The number of hydrogen-bond donors (Lipinski definition) is 2. The summed E-state index contributed by atoms with van der Waals surface area (Å²) in [6.45, 7) is 18.6. The Morgan fingerprint density at radius 2 is 1.54 bits per heavy atom. The van der Waals surface area contributed by atoms with E-state index in [0.717, 1.165) is 32.6 Å². The second kappa shape index (κ2) is 28.8. The molecule has 0 spiro atoms. The fourth-order valence-corrected chi connectivity index (χ4v) is 1.12. The summed E-state index contributed by atoms with van der Waals surface area (Å²) in [5.41, 5.74) is 0. The zero-order valence-corrected chi connectivity index (χ0v) is 19.0. The Kier molecular flexibility index (Phi) is 43.3. The molecular weight excluding hydrogens is 286 g/mol. The summed E-state index contributed by atoms with van der Waals surface area (Å²) in [4.78, 5) is 3.65. The fraction of sp³-hybridized carbons (Fsp3) is 0.944. The molecule has 4 nitrogen and oxygen atoms in total. The van der Waals surface area contributed by atoms with E-state index >= 15 is 0 Å². The van der Waals surface area contributed by atoms with Crippen molar-refractivity contribution in [1.29, 1.82) is 0 Å². The van der Waals surface area contributed by atoms with Gasteiger partial charge in [0.1, 0.15) is 0 Å². The topological polar surface area (TPSA) is 33.8 Å². The molecule has 0 rings (SSSR count). The average molecular weight is 331 g/mol. The van der Waals surface area contributed by atoms with Crippen molar-refractivity contribution in [3.8, 4) is 0 Å². The molecule has 0 amide bonds. The Labute approximate surface area is 178 Å². The molecule has 24 heavy (non-hydrogen) atoms. The maximum absolute atomic E-state index is 4.34. The Balaban J connectivity index is -0.0000000771. The van der Waals surface area contributed by atoms with Crippen molar-refractivity contribution in [1.82, 2.24) is 10.2 Å². The molecule has 6 heteroatoms. The van der Waals surface area contributed by atoms with Gasteiger partial charge in [0.25, 0.3) is 0 Å². The predicted molar refractivity (Wildman–Crippen MR) is 103 cm³/mol. The Morgan fingerprint density at radius 1 is 1.08 bits per heavy atom. The van der Waals surface area contributed by atoms with Crippen molar-refractivity contribution in [3.05, 3.63) is 12.2 Å². The third kappa shape index (κ3) is 56.8. The van der Waals surface area contributed by atoms with E-state index in [2.05, 4.69) is 85.3 Å². The van der Waals surface area contributed by atoms with Crippen LogP contribution < -0.4 is 47.9 Å². The van der Waals surface area contributed by atoms with Crippen LogP contribution in [0.3, 0.4) is 0 Å². The molecule has 138 valence electrons. The molecule has 2 N–H and O–H groups in total. The molecule has 0 saturated heterocycles. The minimum atomic E-state index is 0. The molecule has 0 radical (unpaired) electrons. The first kappa shape index (κ1) is 36.0. The third-order valence-corrected chi connectivity index (χ3v) is 2.57. The van der Waals surface area contributed by atoms with E-state index in [0.29, 0.717) is 12.1 Å². The maximum Gasteiger partial charge on any atom is 1.00 e. The Bertz CT molecular complexity index is 154. The van der Waals surface area contributed by atoms with Crippen molar-refractivity contribution in [2.75, 3.05) is 54.4 Å². The molecule has 0 aliphatic carbocycles. The van der Waals surface area contributed by atoms with Gasteiger partial charge in [-0.1, -0.05) is 47.6 Å². The van der Waals surface area contributed by atoms with Gasteiger partial charge in [0.2, 0.25) is 0 Å². The van der Waals surface area contributed by atoms with Crippen molar-refractivity contribution in [3.63, 3.8) is 0 Å². The van der Waals surface area contributed by atoms with E-state index in [1.165, 1.54) is 11.3 Å². The van der Waals surface area contributed by atoms with Crippen molar-refractivity contribution < 1.29 is 42.6 Å². The SMILES string of the molecule is CC(C)NCCN(C)C.CC(C)[N-]CC[NH+](C)C.[CH2-]CCC.[Li+].[Li+]. The summed E-state index contributed by atoms with van der Waals surface area (Å²) in [6, 6.07) is 1.12. The van der Waals surface area contributed by atoms with Crippen LogP contribution in [0.2, 0.25) is 0 Å². The van der Waals surface area contributed by atoms with Gasteiger partial charge in [0, 0.05) is 19.1 Å². The Hall–Kier alpha value is 1.03. The zero-order chi connectivity index (χ0) is 18.0. The molecule has 0 aliphatic rings. The maximum atomic E-state index is 4.34. The summed E-state index contributed by atoms with van der Waals surface area (Å²) in [5, 5.41) is 7.68. The summed E-state index contributed by atoms with van der Waals surface area (Å²) >= 11 is 0. The van der Waals surface area contributed by atoms with E-state index in [9.17, 15) is 0 Å². The first-order chi connectivity index (χ1) is 10.2. The van der Waals surface area contributed by atoms with E-state index < -0.39 is 0 Å². The average Bonchev–Trinajstić information content (AvgIpc) is 2.38. The van der Waals surface area contributed by atoms with Crippen LogP contribution >= 0.6 is 0 Å². The molecular formula is C18H45Li2N4+. The molecule has 0 atom stereocenters. The van der Waals surface area contributed by atoms with Crippen LogP contribution in [0.4, 0.5) is 0 Å². The van der Waals surface area contributed by atoms with Gasteiger partial charge in [-0.05, 0) is 14.1 Å². The largest absolute Gasteiger partial charge is 1.00 e. The zero-order valence-electron chi connectivity index (χ0n) is 19.0.